The number of ether oxygens (including phenoxy) is 1. The average molecular weight is 468 g/mol. The Morgan fingerprint density at radius 2 is 1.44 bits per heavy atom. The van der Waals surface area contributed by atoms with Crippen LogP contribution < -0.4 is 16.0 Å². The molecule has 0 unspecified atom stereocenters. The van der Waals surface area contributed by atoms with Gasteiger partial charge in [0.15, 0.2) is 0 Å². The first-order chi connectivity index (χ1) is 16.2. The van der Waals surface area contributed by atoms with Crippen molar-refractivity contribution in [1.29, 1.82) is 0 Å². The first kappa shape index (κ1) is 25.1. The van der Waals surface area contributed by atoms with Crippen LogP contribution >= 0.6 is 0 Å². The van der Waals surface area contributed by atoms with E-state index in [1.807, 2.05) is 64.1 Å². The molecule has 1 aliphatic rings. The molecule has 8 heteroatoms. The van der Waals surface area contributed by atoms with Gasteiger partial charge in [0, 0.05) is 5.92 Å². The van der Waals surface area contributed by atoms with Gasteiger partial charge < -0.3 is 25.8 Å². The lowest BCUT2D eigenvalue weighted by Gasteiger charge is -2.25. The summed E-state index contributed by atoms with van der Waals surface area (Å²) in [4.78, 5) is 36.4. The zero-order chi connectivity index (χ0) is 24.8. The van der Waals surface area contributed by atoms with Gasteiger partial charge in [-0.3, -0.25) is 0 Å². The fourth-order valence-corrected chi connectivity index (χ4v) is 4.17. The highest BCUT2D eigenvalue weighted by molar-refractivity contribution is 5.83. The molecule has 2 aromatic rings. The topological polar surface area (TPSA) is 117 Å². The van der Waals surface area contributed by atoms with Crippen molar-refractivity contribution in [2.24, 2.45) is 11.8 Å². The van der Waals surface area contributed by atoms with E-state index in [4.69, 9.17) is 4.74 Å². The Balaban J connectivity index is 1.59. The Kier molecular flexibility index (Phi) is 8.15. The van der Waals surface area contributed by atoms with Crippen LogP contribution in [-0.2, 0) is 9.53 Å². The summed E-state index contributed by atoms with van der Waals surface area (Å²) in [7, 11) is 0. The fraction of sp³-hybridized carbons (Fsp3) is 0.423. The van der Waals surface area contributed by atoms with E-state index in [0.717, 1.165) is 22.3 Å². The molecular formula is C26H33N3O5. The van der Waals surface area contributed by atoms with Crippen LogP contribution in [0.3, 0.4) is 0 Å². The highest BCUT2D eigenvalue weighted by atomic mass is 16.5. The Hall–Kier alpha value is -3.55. The van der Waals surface area contributed by atoms with Gasteiger partial charge in [0.2, 0.25) is 0 Å². The van der Waals surface area contributed by atoms with Crippen molar-refractivity contribution in [1.82, 2.24) is 16.0 Å². The van der Waals surface area contributed by atoms with Gasteiger partial charge in [-0.1, -0.05) is 76.2 Å². The Morgan fingerprint density at radius 3 is 1.94 bits per heavy atom. The molecule has 182 valence electrons. The summed E-state index contributed by atoms with van der Waals surface area (Å²) in [5.41, 5.74) is 4.50. The van der Waals surface area contributed by atoms with Crippen LogP contribution in [0, 0.1) is 11.8 Å². The first-order valence-electron chi connectivity index (χ1n) is 11.6. The second-order valence-electron chi connectivity index (χ2n) is 9.33. The largest absolute Gasteiger partial charge is 0.480 e. The molecule has 0 radical (unpaired) electrons. The summed E-state index contributed by atoms with van der Waals surface area (Å²) < 4.78 is 5.56. The van der Waals surface area contributed by atoms with Gasteiger partial charge >= 0.3 is 18.1 Å². The van der Waals surface area contributed by atoms with Crippen LogP contribution in [0.25, 0.3) is 11.1 Å². The van der Waals surface area contributed by atoms with E-state index >= 15 is 0 Å². The molecule has 8 nitrogen and oxygen atoms in total. The predicted molar refractivity (Wildman–Crippen MR) is 129 cm³/mol. The molecule has 0 bridgehead atoms. The number of amides is 3. The van der Waals surface area contributed by atoms with Crippen LogP contribution in [0.5, 0.6) is 0 Å². The number of rotatable bonds is 9. The number of fused-ring (bicyclic) bond motifs is 3. The number of carbonyl (C=O) groups is 3. The van der Waals surface area contributed by atoms with Crippen LogP contribution in [0.2, 0.25) is 0 Å². The van der Waals surface area contributed by atoms with Gasteiger partial charge in [0.25, 0.3) is 0 Å². The third-order valence-corrected chi connectivity index (χ3v) is 5.88. The number of hydrogen-bond donors (Lipinski definition) is 4. The lowest BCUT2D eigenvalue weighted by Crippen LogP contribution is -2.56. The van der Waals surface area contributed by atoms with Crippen molar-refractivity contribution in [3.8, 4) is 11.1 Å². The molecule has 3 rings (SSSR count). The standard InChI is InChI=1S/C26H33N3O5/c1-15(2)13-22(24(30)31)27-25(32)28-23(16(3)4)29-26(33)34-14-21-19-11-7-5-9-17(19)18-10-6-8-12-20(18)21/h5-12,15-16,21-23H,13-14H2,1-4H3,(H,29,33)(H,30,31)(H2,27,28,32)/t22-,23-/m0/s1. The van der Waals surface area contributed by atoms with Gasteiger partial charge in [0.1, 0.15) is 18.8 Å². The van der Waals surface area contributed by atoms with E-state index in [1.165, 1.54) is 0 Å². The monoisotopic (exact) mass is 467 g/mol. The summed E-state index contributed by atoms with van der Waals surface area (Å²) >= 11 is 0. The minimum Gasteiger partial charge on any atom is -0.480 e. The summed E-state index contributed by atoms with van der Waals surface area (Å²) in [6.07, 6.45) is -1.09. The highest BCUT2D eigenvalue weighted by Crippen LogP contribution is 2.44. The molecule has 0 fully saturated rings. The maximum absolute atomic E-state index is 12.6. The molecule has 3 amide bonds. The molecule has 1 aliphatic carbocycles. The lowest BCUT2D eigenvalue weighted by atomic mass is 9.98. The highest BCUT2D eigenvalue weighted by Gasteiger charge is 2.30. The van der Waals surface area contributed by atoms with E-state index in [-0.39, 0.29) is 24.4 Å². The molecule has 2 atom stereocenters. The third-order valence-electron chi connectivity index (χ3n) is 5.88. The van der Waals surface area contributed by atoms with E-state index in [1.54, 1.807) is 0 Å². The van der Waals surface area contributed by atoms with Gasteiger partial charge in [-0.25, -0.2) is 14.4 Å². The molecule has 0 spiro atoms. The molecule has 0 aromatic heterocycles. The normalized spacial score (nSPS) is 14.2. The van der Waals surface area contributed by atoms with Crippen molar-refractivity contribution >= 4 is 18.1 Å². The third kappa shape index (κ3) is 6.07. The maximum Gasteiger partial charge on any atom is 0.408 e. The molecule has 0 saturated heterocycles. The van der Waals surface area contributed by atoms with Gasteiger partial charge in [-0.05, 0) is 40.5 Å². The van der Waals surface area contributed by atoms with Crippen molar-refractivity contribution in [3.63, 3.8) is 0 Å². The Labute approximate surface area is 200 Å². The number of hydrogen-bond acceptors (Lipinski definition) is 4. The van der Waals surface area contributed by atoms with E-state index in [2.05, 4.69) is 28.1 Å². The van der Waals surface area contributed by atoms with Crippen LogP contribution in [-0.4, -0.2) is 42.0 Å². The van der Waals surface area contributed by atoms with Crippen molar-refractivity contribution in [2.45, 2.75) is 52.2 Å². The van der Waals surface area contributed by atoms with Crippen molar-refractivity contribution in [2.75, 3.05) is 6.61 Å². The van der Waals surface area contributed by atoms with Gasteiger partial charge in [0.05, 0.1) is 0 Å². The van der Waals surface area contributed by atoms with E-state index in [9.17, 15) is 19.5 Å². The van der Waals surface area contributed by atoms with Crippen molar-refractivity contribution < 1.29 is 24.2 Å². The van der Waals surface area contributed by atoms with Crippen LogP contribution in [0.4, 0.5) is 9.59 Å². The average Bonchev–Trinajstić information content (AvgIpc) is 3.10. The number of benzene rings is 2. The number of carboxylic acid groups (broad SMARTS) is 1. The van der Waals surface area contributed by atoms with E-state index in [0.29, 0.717) is 6.42 Å². The second kappa shape index (κ2) is 11.0. The quantitative estimate of drug-likeness (QED) is 0.410. The minimum atomic E-state index is -1.10. The Morgan fingerprint density at radius 1 is 0.882 bits per heavy atom. The van der Waals surface area contributed by atoms with E-state index < -0.39 is 30.3 Å². The minimum absolute atomic E-state index is 0.0701. The zero-order valence-corrected chi connectivity index (χ0v) is 20.0. The predicted octanol–water partition coefficient (Wildman–Crippen LogP) is 4.31. The summed E-state index contributed by atoms with van der Waals surface area (Å²) in [5, 5.41) is 17.1. The molecule has 4 N–H and O–H groups in total. The fourth-order valence-electron chi connectivity index (χ4n) is 4.17. The number of alkyl carbamates (subject to hydrolysis) is 1. The number of carbonyl (C=O) groups excluding carboxylic acids is 2. The first-order valence-corrected chi connectivity index (χ1v) is 11.6. The lowest BCUT2D eigenvalue weighted by molar-refractivity contribution is -0.139. The van der Waals surface area contributed by atoms with Gasteiger partial charge in [-0.2, -0.15) is 0 Å². The molecule has 34 heavy (non-hydrogen) atoms. The maximum atomic E-state index is 12.6. The summed E-state index contributed by atoms with van der Waals surface area (Å²) in [6, 6.07) is 14.5. The van der Waals surface area contributed by atoms with Gasteiger partial charge in [-0.15, -0.1) is 0 Å². The van der Waals surface area contributed by atoms with Crippen LogP contribution in [0.1, 0.15) is 51.2 Å². The number of urea groups is 1. The molecule has 0 aliphatic heterocycles. The van der Waals surface area contributed by atoms with Crippen molar-refractivity contribution in [3.05, 3.63) is 59.7 Å². The van der Waals surface area contributed by atoms with Crippen LogP contribution in [0.15, 0.2) is 48.5 Å². The summed E-state index contributed by atoms with van der Waals surface area (Å²) in [6.45, 7) is 7.58. The molecule has 0 saturated carbocycles. The zero-order valence-electron chi connectivity index (χ0n) is 20.0. The Bertz CT molecular complexity index is 991. The smallest absolute Gasteiger partial charge is 0.408 e. The number of carboxylic acids is 1. The molecule has 0 heterocycles. The number of nitrogens with one attached hydrogen (secondary N) is 3. The SMILES string of the molecule is CC(C)C[C@H](NC(=O)N[C@@H](NC(=O)OCC1c2ccccc2-c2ccccc21)C(C)C)C(=O)O. The molecular weight excluding hydrogens is 434 g/mol. The number of aliphatic carboxylic acids is 1. The summed E-state index contributed by atoms with van der Waals surface area (Å²) in [5.74, 6) is -1.23. The second-order valence-corrected chi connectivity index (χ2v) is 9.33. The molecule has 2 aromatic carbocycles.